The maximum absolute atomic E-state index is 12.5. The summed E-state index contributed by atoms with van der Waals surface area (Å²) >= 11 is 3.41. The highest BCUT2D eigenvalue weighted by atomic mass is 79.9. The van der Waals surface area contributed by atoms with Crippen molar-refractivity contribution in [3.8, 4) is 16.8 Å². The lowest BCUT2D eigenvalue weighted by atomic mass is 10.1. The highest BCUT2D eigenvalue weighted by molar-refractivity contribution is 9.10. The molecule has 0 amide bonds. The summed E-state index contributed by atoms with van der Waals surface area (Å²) in [6.45, 7) is 0. The topological polar surface area (TPSA) is 48.0 Å². The summed E-state index contributed by atoms with van der Waals surface area (Å²) in [6.07, 6.45) is 1.75. The lowest BCUT2D eigenvalue weighted by molar-refractivity contribution is 0.995. The molecule has 3 nitrogen and oxygen atoms in total. The van der Waals surface area contributed by atoms with Crippen LogP contribution in [0.25, 0.3) is 16.8 Å². The second-order valence-corrected chi connectivity index (χ2v) is 5.58. The van der Waals surface area contributed by atoms with Gasteiger partial charge >= 0.3 is 0 Å². The van der Waals surface area contributed by atoms with E-state index in [9.17, 15) is 4.79 Å². The minimum absolute atomic E-state index is 0.213. The lowest BCUT2D eigenvalue weighted by Crippen LogP contribution is -2.21. The predicted molar refractivity (Wildman–Crippen MR) is 89.6 cm³/mol. The number of hydrogen-bond donors (Lipinski definition) is 1. The fraction of sp³-hybridized carbons (Fsp3) is 0. The van der Waals surface area contributed by atoms with E-state index in [4.69, 9.17) is 5.73 Å². The van der Waals surface area contributed by atoms with Crippen molar-refractivity contribution in [2.45, 2.75) is 0 Å². The first-order valence-electron chi connectivity index (χ1n) is 6.49. The smallest absolute Gasteiger partial charge is 0.278 e. The molecule has 0 bridgehead atoms. The first kappa shape index (κ1) is 13.6. The van der Waals surface area contributed by atoms with Crippen LogP contribution in [-0.4, -0.2) is 4.57 Å². The van der Waals surface area contributed by atoms with Crippen molar-refractivity contribution in [3.63, 3.8) is 0 Å². The van der Waals surface area contributed by atoms with Gasteiger partial charge in [0.15, 0.2) is 0 Å². The van der Waals surface area contributed by atoms with Crippen LogP contribution in [0.4, 0.5) is 5.69 Å². The number of aromatic nitrogens is 1. The lowest BCUT2D eigenvalue weighted by Gasteiger charge is -2.11. The van der Waals surface area contributed by atoms with Gasteiger partial charge in [0.25, 0.3) is 5.56 Å². The van der Waals surface area contributed by atoms with E-state index in [0.29, 0.717) is 0 Å². The van der Waals surface area contributed by atoms with Gasteiger partial charge in [-0.2, -0.15) is 0 Å². The molecular weight excluding hydrogens is 328 g/mol. The number of benzene rings is 2. The zero-order valence-corrected chi connectivity index (χ0v) is 12.7. The van der Waals surface area contributed by atoms with Crippen LogP contribution in [0.5, 0.6) is 0 Å². The minimum Gasteiger partial charge on any atom is -0.394 e. The fourth-order valence-corrected chi connectivity index (χ4v) is 2.64. The van der Waals surface area contributed by atoms with E-state index in [0.717, 1.165) is 21.3 Å². The Labute approximate surface area is 130 Å². The van der Waals surface area contributed by atoms with E-state index >= 15 is 0 Å². The van der Waals surface area contributed by atoms with Gasteiger partial charge < -0.3 is 5.73 Å². The number of pyridine rings is 1. The molecule has 0 aliphatic rings. The van der Waals surface area contributed by atoms with E-state index in [1.807, 2.05) is 60.7 Å². The molecule has 0 radical (unpaired) electrons. The third-order valence-electron chi connectivity index (χ3n) is 3.30. The number of rotatable bonds is 2. The van der Waals surface area contributed by atoms with Gasteiger partial charge in [-0.1, -0.05) is 52.3 Å². The van der Waals surface area contributed by atoms with Crippen LogP contribution in [-0.2, 0) is 0 Å². The minimum atomic E-state index is -0.213. The Hall–Kier alpha value is -2.33. The molecule has 0 atom stereocenters. The van der Waals surface area contributed by atoms with Gasteiger partial charge in [0.05, 0.1) is 0 Å². The first-order chi connectivity index (χ1) is 10.2. The molecule has 1 heterocycles. The molecule has 3 rings (SSSR count). The molecule has 0 unspecified atom stereocenters. The summed E-state index contributed by atoms with van der Waals surface area (Å²) in [5.74, 6) is 0. The molecule has 2 N–H and O–H groups in total. The van der Waals surface area contributed by atoms with Crippen molar-refractivity contribution in [2.75, 3.05) is 5.73 Å². The van der Waals surface area contributed by atoms with Crippen LogP contribution in [0.15, 0.2) is 76.1 Å². The molecule has 0 fully saturated rings. The summed E-state index contributed by atoms with van der Waals surface area (Å²) in [7, 11) is 0. The number of anilines is 1. The Morgan fingerprint density at radius 2 is 1.71 bits per heavy atom. The maximum atomic E-state index is 12.5. The highest BCUT2D eigenvalue weighted by Gasteiger charge is 2.09. The van der Waals surface area contributed by atoms with Gasteiger partial charge in [-0.3, -0.25) is 9.36 Å². The molecular formula is C17H13BrN2O. The zero-order valence-electron chi connectivity index (χ0n) is 11.2. The summed E-state index contributed by atoms with van der Waals surface area (Å²) in [4.78, 5) is 12.5. The average Bonchev–Trinajstić information content (AvgIpc) is 2.51. The van der Waals surface area contributed by atoms with Crippen molar-refractivity contribution in [2.24, 2.45) is 0 Å². The van der Waals surface area contributed by atoms with Crippen LogP contribution in [0.1, 0.15) is 0 Å². The van der Waals surface area contributed by atoms with E-state index < -0.39 is 0 Å². The van der Waals surface area contributed by atoms with Crippen LogP contribution in [0, 0.1) is 0 Å². The molecule has 0 spiro atoms. The highest BCUT2D eigenvalue weighted by Crippen LogP contribution is 2.23. The van der Waals surface area contributed by atoms with Crippen molar-refractivity contribution >= 4 is 21.6 Å². The molecule has 3 aromatic rings. The third-order valence-corrected chi connectivity index (χ3v) is 3.79. The van der Waals surface area contributed by atoms with E-state index in [1.54, 1.807) is 10.8 Å². The molecule has 0 aliphatic carbocycles. The Balaban J connectivity index is 2.16. The first-order valence-corrected chi connectivity index (χ1v) is 7.28. The third kappa shape index (κ3) is 2.62. The molecule has 2 aromatic carbocycles. The van der Waals surface area contributed by atoms with Crippen LogP contribution < -0.4 is 11.3 Å². The summed E-state index contributed by atoms with van der Waals surface area (Å²) < 4.78 is 2.46. The van der Waals surface area contributed by atoms with Gasteiger partial charge in [0.1, 0.15) is 5.69 Å². The molecule has 0 aliphatic heterocycles. The van der Waals surface area contributed by atoms with Crippen molar-refractivity contribution in [1.29, 1.82) is 0 Å². The largest absolute Gasteiger partial charge is 0.394 e. The number of nitrogen functional groups attached to an aromatic ring is 1. The normalized spacial score (nSPS) is 10.5. The van der Waals surface area contributed by atoms with Crippen molar-refractivity contribution in [1.82, 2.24) is 4.57 Å². The molecule has 0 saturated carbocycles. The van der Waals surface area contributed by atoms with Gasteiger partial charge in [-0.15, -0.1) is 0 Å². The summed E-state index contributed by atoms with van der Waals surface area (Å²) in [5, 5.41) is 0. The standard InChI is InChI=1S/C17H13BrN2O/c18-13-7-4-8-14(11-13)20-10-9-15(16(19)17(20)21)12-5-2-1-3-6-12/h1-11H,19H2. The number of nitrogens with zero attached hydrogens (tertiary/aromatic N) is 1. The molecule has 0 saturated heterocycles. The molecule has 4 heteroatoms. The van der Waals surface area contributed by atoms with Crippen molar-refractivity contribution in [3.05, 3.63) is 81.7 Å². The van der Waals surface area contributed by atoms with E-state index in [2.05, 4.69) is 15.9 Å². The number of nitrogens with two attached hydrogens (primary N) is 1. The summed E-state index contributed by atoms with van der Waals surface area (Å²) in [6, 6.07) is 19.1. The average molecular weight is 341 g/mol. The predicted octanol–water partition coefficient (Wildman–Crippen LogP) is 3.85. The SMILES string of the molecule is Nc1c(-c2ccccc2)ccn(-c2cccc(Br)c2)c1=O. The number of hydrogen-bond acceptors (Lipinski definition) is 2. The van der Waals surface area contributed by atoms with Gasteiger partial charge in [-0.25, -0.2) is 0 Å². The van der Waals surface area contributed by atoms with Gasteiger partial charge in [0, 0.05) is 21.9 Å². The Morgan fingerprint density at radius 1 is 0.952 bits per heavy atom. The Morgan fingerprint density at radius 3 is 2.43 bits per heavy atom. The van der Waals surface area contributed by atoms with Gasteiger partial charge in [-0.05, 0) is 29.8 Å². The quantitative estimate of drug-likeness (QED) is 0.770. The van der Waals surface area contributed by atoms with Crippen molar-refractivity contribution < 1.29 is 0 Å². The second-order valence-electron chi connectivity index (χ2n) is 4.66. The monoisotopic (exact) mass is 340 g/mol. The summed E-state index contributed by atoms with van der Waals surface area (Å²) in [5.41, 5.74) is 8.56. The van der Waals surface area contributed by atoms with E-state index in [1.165, 1.54) is 0 Å². The number of halogens is 1. The fourth-order valence-electron chi connectivity index (χ4n) is 2.25. The Kier molecular flexibility index (Phi) is 3.62. The van der Waals surface area contributed by atoms with Crippen LogP contribution >= 0.6 is 15.9 Å². The van der Waals surface area contributed by atoms with Crippen LogP contribution in [0.3, 0.4) is 0 Å². The maximum Gasteiger partial charge on any atom is 0.278 e. The zero-order chi connectivity index (χ0) is 14.8. The molecule has 1 aromatic heterocycles. The molecule has 104 valence electrons. The molecule has 21 heavy (non-hydrogen) atoms. The Bertz CT molecular complexity index is 841. The second kappa shape index (κ2) is 5.58. The van der Waals surface area contributed by atoms with Gasteiger partial charge in [0.2, 0.25) is 0 Å². The van der Waals surface area contributed by atoms with Crippen LogP contribution in [0.2, 0.25) is 0 Å². The van der Waals surface area contributed by atoms with E-state index in [-0.39, 0.29) is 11.2 Å².